The quantitative estimate of drug-likeness (QED) is 0.760. The summed E-state index contributed by atoms with van der Waals surface area (Å²) in [6, 6.07) is 13.2. The van der Waals surface area contributed by atoms with Gasteiger partial charge < -0.3 is 5.32 Å². The predicted molar refractivity (Wildman–Crippen MR) is 71.9 cm³/mol. The molecule has 3 aromatic rings. The number of hydrogen-bond acceptors (Lipinski definition) is 5. The second-order valence-electron chi connectivity index (χ2n) is 3.66. The molecule has 0 aliphatic rings. The summed E-state index contributed by atoms with van der Waals surface area (Å²) >= 11 is 1.49. The first-order chi connectivity index (χ1) is 8.85. The van der Waals surface area contributed by atoms with E-state index in [-0.39, 0.29) is 0 Å². The molecular weight excluding hydrogens is 244 g/mol. The third kappa shape index (κ3) is 2.01. The molecule has 0 saturated heterocycles. The molecule has 5 heteroatoms. The maximum atomic E-state index is 8.84. The van der Waals surface area contributed by atoms with Gasteiger partial charge in [-0.05, 0) is 30.3 Å². The van der Waals surface area contributed by atoms with Gasteiger partial charge >= 0.3 is 0 Å². The van der Waals surface area contributed by atoms with Gasteiger partial charge in [-0.1, -0.05) is 17.4 Å². The van der Waals surface area contributed by atoms with Gasteiger partial charge in [-0.25, -0.2) is 9.97 Å². The van der Waals surface area contributed by atoms with E-state index >= 15 is 0 Å². The minimum absolute atomic E-state index is 0.624. The molecule has 0 radical (unpaired) electrons. The van der Waals surface area contributed by atoms with E-state index in [0.29, 0.717) is 5.56 Å². The van der Waals surface area contributed by atoms with E-state index in [2.05, 4.69) is 21.4 Å². The van der Waals surface area contributed by atoms with Gasteiger partial charge in [-0.15, -0.1) is 0 Å². The second kappa shape index (κ2) is 4.43. The first-order valence-electron chi connectivity index (χ1n) is 5.34. The number of nitrogens with one attached hydrogen (secondary N) is 1. The lowest BCUT2D eigenvalue weighted by atomic mass is 10.2. The molecule has 1 N–H and O–H groups in total. The zero-order chi connectivity index (χ0) is 12.4. The zero-order valence-electron chi connectivity index (χ0n) is 9.29. The molecule has 18 heavy (non-hydrogen) atoms. The first kappa shape index (κ1) is 10.7. The number of pyridine rings is 1. The molecule has 3 rings (SSSR count). The Labute approximate surface area is 108 Å². The van der Waals surface area contributed by atoms with Crippen molar-refractivity contribution in [1.82, 2.24) is 9.97 Å². The lowest BCUT2D eigenvalue weighted by Crippen LogP contribution is -1.89. The van der Waals surface area contributed by atoms with Crippen LogP contribution >= 0.6 is 11.3 Å². The Morgan fingerprint density at radius 2 is 2.17 bits per heavy atom. The van der Waals surface area contributed by atoms with E-state index in [1.807, 2.05) is 24.3 Å². The normalized spacial score (nSPS) is 10.2. The highest BCUT2D eigenvalue weighted by Gasteiger charge is 2.04. The lowest BCUT2D eigenvalue weighted by molar-refractivity contribution is 1.39. The molecule has 0 spiro atoms. The van der Waals surface area contributed by atoms with E-state index in [1.165, 1.54) is 11.3 Å². The third-order valence-electron chi connectivity index (χ3n) is 2.41. The van der Waals surface area contributed by atoms with E-state index in [4.69, 9.17) is 5.26 Å². The van der Waals surface area contributed by atoms with Crippen molar-refractivity contribution in [2.24, 2.45) is 0 Å². The summed E-state index contributed by atoms with van der Waals surface area (Å²) in [6.45, 7) is 0. The van der Waals surface area contributed by atoms with Gasteiger partial charge in [0, 0.05) is 11.9 Å². The Bertz CT molecular complexity index is 709. The highest BCUT2D eigenvalue weighted by atomic mass is 32.1. The molecule has 0 bridgehead atoms. The Morgan fingerprint density at radius 1 is 1.22 bits per heavy atom. The van der Waals surface area contributed by atoms with Gasteiger partial charge in [0.05, 0.1) is 11.6 Å². The summed E-state index contributed by atoms with van der Waals surface area (Å²) in [5, 5.41) is 12.8. The fourth-order valence-electron chi connectivity index (χ4n) is 1.61. The van der Waals surface area contributed by atoms with Crippen molar-refractivity contribution in [1.29, 1.82) is 5.26 Å². The molecule has 86 valence electrons. The molecule has 0 fully saturated rings. The third-order valence-corrected chi connectivity index (χ3v) is 3.30. The second-order valence-corrected chi connectivity index (χ2v) is 4.64. The highest BCUT2D eigenvalue weighted by molar-refractivity contribution is 7.21. The standard InChI is InChI=1S/C13H8N4S/c14-8-9-3-1-4-10(7-9)16-13-17-11-5-2-6-15-12(11)18-13/h1-7H,(H,16,17). The smallest absolute Gasteiger partial charge is 0.189 e. The number of rotatable bonds is 2. The van der Waals surface area contributed by atoms with Crippen LogP contribution in [0.5, 0.6) is 0 Å². The molecule has 2 heterocycles. The van der Waals surface area contributed by atoms with Gasteiger partial charge in [0.1, 0.15) is 10.3 Å². The number of fused-ring (bicyclic) bond motifs is 1. The summed E-state index contributed by atoms with van der Waals surface area (Å²) in [5.74, 6) is 0. The van der Waals surface area contributed by atoms with Gasteiger partial charge in [0.25, 0.3) is 0 Å². The van der Waals surface area contributed by atoms with Crippen molar-refractivity contribution in [3.63, 3.8) is 0 Å². The van der Waals surface area contributed by atoms with Crippen molar-refractivity contribution in [3.05, 3.63) is 48.2 Å². The SMILES string of the molecule is N#Cc1cccc(Nc2nc3cccnc3s2)c1. The van der Waals surface area contributed by atoms with E-state index in [0.717, 1.165) is 21.2 Å². The first-order valence-corrected chi connectivity index (χ1v) is 6.15. The fraction of sp³-hybridized carbons (Fsp3) is 0. The van der Waals surface area contributed by atoms with Gasteiger partial charge in [-0.2, -0.15) is 5.26 Å². The molecule has 2 aromatic heterocycles. The highest BCUT2D eigenvalue weighted by Crippen LogP contribution is 2.26. The van der Waals surface area contributed by atoms with E-state index in [9.17, 15) is 0 Å². The molecule has 4 nitrogen and oxygen atoms in total. The average Bonchev–Trinajstić information content (AvgIpc) is 2.81. The van der Waals surface area contributed by atoms with Crippen LogP contribution < -0.4 is 5.32 Å². The molecule has 0 amide bonds. The maximum absolute atomic E-state index is 8.84. The number of nitrogens with zero attached hydrogens (tertiary/aromatic N) is 3. The molecular formula is C13H8N4S. The number of hydrogen-bond donors (Lipinski definition) is 1. The molecule has 0 aliphatic carbocycles. The number of aromatic nitrogens is 2. The van der Waals surface area contributed by atoms with Crippen molar-refractivity contribution in [2.45, 2.75) is 0 Å². The lowest BCUT2D eigenvalue weighted by Gasteiger charge is -2.01. The van der Waals surface area contributed by atoms with Crippen LogP contribution in [0.2, 0.25) is 0 Å². The molecule has 0 atom stereocenters. The summed E-state index contributed by atoms with van der Waals surface area (Å²) < 4.78 is 0. The van der Waals surface area contributed by atoms with Crippen LogP contribution in [0.15, 0.2) is 42.6 Å². The topological polar surface area (TPSA) is 61.6 Å². The van der Waals surface area contributed by atoms with Crippen molar-refractivity contribution in [3.8, 4) is 6.07 Å². The fourth-order valence-corrected chi connectivity index (χ4v) is 2.44. The van der Waals surface area contributed by atoms with Crippen molar-refractivity contribution >= 4 is 32.5 Å². The number of anilines is 2. The summed E-state index contributed by atoms with van der Waals surface area (Å²) in [5.41, 5.74) is 2.36. The van der Waals surface area contributed by atoms with Crippen LogP contribution in [0.25, 0.3) is 10.3 Å². The summed E-state index contributed by atoms with van der Waals surface area (Å²) in [7, 11) is 0. The molecule has 0 unspecified atom stereocenters. The minimum atomic E-state index is 0.624. The van der Waals surface area contributed by atoms with E-state index < -0.39 is 0 Å². The van der Waals surface area contributed by atoms with Gasteiger partial charge in [-0.3, -0.25) is 0 Å². The Morgan fingerprint density at radius 3 is 3.00 bits per heavy atom. The monoisotopic (exact) mass is 252 g/mol. The van der Waals surface area contributed by atoms with Gasteiger partial charge in [0.15, 0.2) is 5.13 Å². The van der Waals surface area contributed by atoms with E-state index in [1.54, 1.807) is 18.3 Å². The average molecular weight is 252 g/mol. The summed E-state index contributed by atoms with van der Waals surface area (Å²) in [4.78, 5) is 9.57. The summed E-state index contributed by atoms with van der Waals surface area (Å²) in [6.07, 6.45) is 1.75. The maximum Gasteiger partial charge on any atom is 0.189 e. The molecule has 0 aliphatic heterocycles. The van der Waals surface area contributed by atoms with Crippen LogP contribution in [0.1, 0.15) is 5.56 Å². The molecule has 1 aromatic carbocycles. The largest absolute Gasteiger partial charge is 0.331 e. The van der Waals surface area contributed by atoms with Crippen molar-refractivity contribution in [2.75, 3.05) is 5.32 Å². The predicted octanol–water partition coefficient (Wildman–Crippen LogP) is 3.31. The van der Waals surface area contributed by atoms with Crippen LogP contribution in [0, 0.1) is 11.3 Å². The Kier molecular flexibility index (Phi) is 2.63. The van der Waals surface area contributed by atoms with Crippen LogP contribution in [-0.2, 0) is 0 Å². The Hall–Kier alpha value is -2.45. The molecule has 0 saturated carbocycles. The van der Waals surface area contributed by atoms with Crippen LogP contribution in [0.4, 0.5) is 10.8 Å². The number of nitriles is 1. The number of benzene rings is 1. The number of thiazole rings is 1. The van der Waals surface area contributed by atoms with Crippen molar-refractivity contribution < 1.29 is 0 Å². The van der Waals surface area contributed by atoms with Gasteiger partial charge in [0.2, 0.25) is 0 Å². The van der Waals surface area contributed by atoms with Crippen LogP contribution in [0.3, 0.4) is 0 Å². The zero-order valence-corrected chi connectivity index (χ0v) is 10.1. The Balaban J connectivity index is 1.94. The minimum Gasteiger partial charge on any atom is -0.331 e. The van der Waals surface area contributed by atoms with Crippen LogP contribution in [-0.4, -0.2) is 9.97 Å².